The van der Waals surface area contributed by atoms with Crippen molar-refractivity contribution in [2.24, 2.45) is 0 Å². The van der Waals surface area contributed by atoms with Crippen LogP contribution < -0.4 is 5.32 Å². The Morgan fingerprint density at radius 3 is 2.07 bits per heavy atom. The van der Waals surface area contributed by atoms with Gasteiger partial charge in [0.1, 0.15) is 6.04 Å². The van der Waals surface area contributed by atoms with E-state index in [1.807, 2.05) is 0 Å². The molecule has 0 fully saturated rings. The molecule has 0 heterocycles. The number of halogens is 4. The molecule has 27 heavy (non-hydrogen) atoms. The maximum atomic E-state index is 13.4. The zero-order valence-corrected chi connectivity index (χ0v) is 21.2. The first-order chi connectivity index (χ1) is 11.3. The molecule has 2 nitrogen and oxygen atoms in total. The zero-order valence-electron chi connectivity index (χ0n) is 14.7. The summed E-state index contributed by atoms with van der Waals surface area (Å²) in [5, 5.41) is 2.79. The molecule has 0 aliphatic heterocycles. The van der Waals surface area contributed by atoms with Gasteiger partial charge >= 0.3 is 6.18 Å². The minimum absolute atomic E-state index is 0. The maximum absolute atomic E-state index is 13.4. The molecule has 0 aliphatic rings. The fourth-order valence-electron chi connectivity index (χ4n) is 2.38. The van der Waals surface area contributed by atoms with Crippen LogP contribution in [0, 0.1) is 14.4 Å². The summed E-state index contributed by atoms with van der Waals surface area (Å²) >= 11 is 6.03. The van der Waals surface area contributed by atoms with Gasteiger partial charge in [0, 0.05) is 70.6 Å². The number of carbonyl (C=O) groups excluding carboxylic acids is 1. The van der Waals surface area contributed by atoms with Gasteiger partial charge in [-0.15, -0.1) is 0 Å². The third-order valence-corrected chi connectivity index (χ3v) is 3.97. The number of benzene rings is 2. The van der Waals surface area contributed by atoms with Crippen LogP contribution in [0.1, 0.15) is 17.2 Å². The fourth-order valence-corrected chi connectivity index (χ4v) is 2.59. The molecule has 2 aromatic carbocycles. The van der Waals surface area contributed by atoms with Gasteiger partial charge in [-0.05, 0) is 23.6 Å². The van der Waals surface area contributed by atoms with E-state index in [9.17, 15) is 18.0 Å². The molecule has 0 aromatic heterocycles. The molecular formula is C19H19ClF3NOWY-2. The fraction of sp³-hybridized carbons (Fsp3) is 0.211. The molecule has 1 N–H and O–H groups in total. The molecule has 0 spiro atoms. The van der Waals surface area contributed by atoms with E-state index in [1.165, 1.54) is 24.3 Å². The van der Waals surface area contributed by atoms with Crippen LogP contribution in [0.2, 0.25) is 5.02 Å². The largest absolute Gasteiger partial charge is 0.407 e. The normalized spacial score (nSPS) is 12.6. The maximum Gasteiger partial charge on any atom is 0.407 e. The molecule has 0 amide bonds. The topological polar surface area (TPSA) is 29.1 Å². The Kier molecular flexibility index (Phi) is 14.1. The first-order valence-corrected chi connectivity index (χ1v) is 7.63. The van der Waals surface area contributed by atoms with Crippen LogP contribution in [0.15, 0.2) is 54.6 Å². The Morgan fingerprint density at radius 2 is 1.59 bits per heavy atom. The Bertz CT molecular complexity index is 701. The monoisotopic (exact) mass is 642 g/mol. The van der Waals surface area contributed by atoms with E-state index in [0.29, 0.717) is 10.6 Å². The molecule has 2 atom stereocenters. The van der Waals surface area contributed by atoms with Crippen molar-refractivity contribution in [3.8, 4) is 0 Å². The predicted octanol–water partition coefficient (Wildman–Crippen LogP) is 4.99. The minimum atomic E-state index is -4.55. The van der Waals surface area contributed by atoms with E-state index in [1.54, 1.807) is 30.3 Å². The summed E-state index contributed by atoms with van der Waals surface area (Å²) in [4.78, 5) is 11.8. The van der Waals surface area contributed by atoms with Crippen LogP contribution >= 0.6 is 11.6 Å². The number of hydrogen-bond donors (Lipinski definition) is 1. The van der Waals surface area contributed by atoms with Crippen molar-refractivity contribution >= 4 is 17.4 Å². The van der Waals surface area contributed by atoms with Crippen LogP contribution in [0.5, 0.6) is 0 Å². The van der Waals surface area contributed by atoms with E-state index < -0.39 is 24.0 Å². The molecule has 0 bridgehead atoms. The molecular weight excluding hydrogens is 623 g/mol. The summed E-state index contributed by atoms with van der Waals surface area (Å²) in [7, 11) is 0. The van der Waals surface area contributed by atoms with Gasteiger partial charge in [0.15, 0.2) is 0 Å². The number of rotatable bonds is 6. The first-order valence-electron chi connectivity index (χ1n) is 7.26. The van der Waals surface area contributed by atoms with Crippen LogP contribution in [0.25, 0.3) is 0 Å². The van der Waals surface area contributed by atoms with Crippen molar-refractivity contribution in [3.05, 3.63) is 85.1 Å². The summed E-state index contributed by atoms with van der Waals surface area (Å²) in [6.07, 6.45) is -4.52. The molecule has 145 valence electrons. The quantitative estimate of drug-likeness (QED) is 0.451. The molecule has 8 heteroatoms. The van der Waals surface area contributed by atoms with Gasteiger partial charge in [0.05, 0.1) is 0 Å². The van der Waals surface area contributed by atoms with E-state index in [-0.39, 0.29) is 73.2 Å². The number of hydrogen-bond acceptors (Lipinski definition) is 2. The standard InChI is InChI=1S/C18H16ClF3NO.CH3.W.Y/c1-12(24)16(11-14-9-5-6-10-15(14)19)23-17(18(20,21)22)13-7-3-2-4-8-13;;;/h2-10,16-17,23H,1,11H2;1H3;;/q2*-1;;/t16-,17?;;;/m0.../s1. The second-order valence-corrected chi connectivity index (χ2v) is 5.77. The summed E-state index contributed by atoms with van der Waals surface area (Å²) in [5.41, 5.74) is 0.623. The Morgan fingerprint density at radius 1 is 1.07 bits per heavy atom. The van der Waals surface area contributed by atoms with Gasteiger partial charge in [-0.1, -0.05) is 60.1 Å². The van der Waals surface area contributed by atoms with Crippen molar-refractivity contribution in [2.45, 2.75) is 24.7 Å². The molecule has 0 saturated heterocycles. The average molecular weight is 643 g/mol. The van der Waals surface area contributed by atoms with Gasteiger partial charge in [-0.25, -0.2) is 0 Å². The predicted molar refractivity (Wildman–Crippen MR) is 94.1 cm³/mol. The van der Waals surface area contributed by atoms with E-state index in [2.05, 4.69) is 12.2 Å². The summed E-state index contributed by atoms with van der Waals surface area (Å²) < 4.78 is 40.3. The summed E-state index contributed by atoms with van der Waals surface area (Å²) in [6, 6.07) is 11.1. The first kappa shape index (κ1) is 29.0. The summed E-state index contributed by atoms with van der Waals surface area (Å²) in [6.45, 7) is 3.28. The number of alkyl halides is 3. The van der Waals surface area contributed by atoms with Crippen LogP contribution in [0.3, 0.4) is 0 Å². The van der Waals surface area contributed by atoms with Gasteiger partial charge in [-0.3, -0.25) is 5.32 Å². The van der Waals surface area contributed by atoms with Crippen LogP contribution in [-0.2, 0) is 65.0 Å². The van der Waals surface area contributed by atoms with Crippen molar-refractivity contribution in [3.63, 3.8) is 0 Å². The Hall–Kier alpha value is -0.188. The molecule has 0 saturated carbocycles. The number of nitrogens with one attached hydrogen (secondary N) is 1. The molecule has 0 aliphatic carbocycles. The molecule has 2 rings (SSSR count). The number of Topliss-reactive ketones (excluding diaryl/α,β-unsaturated/α-hetero) is 1. The molecule has 1 radical (unpaired) electrons. The third kappa shape index (κ3) is 8.79. The second-order valence-electron chi connectivity index (χ2n) is 5.37. The number of carbonyl (C=O) groups is 1. The van der Waals surface area contributed by atoms with Gasteiger partial charge in [-0.2, -0.15) is 13.2 Å². The average Bonchev–Trinajstić information content (AvgIpc) is 2.52. The minimum Gasteiger partial charge on any atom is -0.358 e. The third-order valence-electron chi connectivity index (χ3n) is 3.60. The Balaban J connectivity index is 0. The van der Waals surface area contributed by atoms with Gasteiger partial charge < -0.3 is 19.1 Å². The van der Waals surface area contributed by atoms with Crippen molar-refractivity contribution in [2.75, 3.05) is 0 Å². The van der Waals surface area contributed by atoms with Crippen molar-refractivity contribution in [1.29, 1.82) is 0 Å². The number of ketones is 1. The zero-order chi connectivity index (χ0) is 17.7. The second kappa shape index (κ2) is 13.1. The summed E-state index contributed by atoms with van der Waals surface area (Å²) in [5.74, 6) is -0.625. The van der Waals surface area contributed by atoms with Crippen LogP contribution in [-0.4, -0.2) is 18.0 Å². The van der Waals surface area contributed by atoms with Gasteiger partial charge in [0.2, 0.25) is 0 Å². The SMILES string of the molecule is [CH2-]C(=O)[C@H](Cc1ccccc1Cl)NC(c1ccccc1)C(F)(F)F.[CH3-].[W].[Y]. The van der Waals surface area contributed by atoms with Gasteiger partial charge in [0.25, 0.3) is 0 Å². The van der Waals surface area contributed by atoms with E-state index >= 15 is 0 Å². The van der Waals surface area contributed by atoms with E-state index in [4.69, 9.17) is 11.6 Å². The van der Waals surface area contributed by atoms with Crippen molar-refractivity contribution in [1.82, 2.24) is 5.32 Å². The Labute approximate surface area is 202 Å². The molecule has 1 unspecified atom stereocenters. The van der Waals surface area contributed by atoms with Crippen LogP contribution in [0.4, 0.5) is 13.2 Å². The smallest absolute Gasteiger partial charge is 0.358 e. The van der Waals surface area contributed by atoms with Crippen molar-refractivity contribution < 1.29 is 71.7 Å². The van der Waals surface area contributed by atoms with E-state index in [0.717, 1.165) is 0 Å². The molecule has 2 aromatic rings.